The quantitative estimate of drug-likeness (QED) is 0.637. The van der Waals surface area contributed by atoms with E-state index in [1.807, 2.05) is 13.8 Å². The summed E-state index contributed by atoms with van der Waals surface area (Å²) in [6.45, 7) is 4.27. The van der Waals surface area contributed by atoms with Gasteiger partial charge in [0.2, 0.25) is 0 Å². The number of hydrogen-bond donors (Lipinski definition) is 1. The molecule has 0 aliphatic carbocycles. The Morgan fingerprint density at radius 1 is 1.37 bits per heavy atom. The van der Waals surface area contributed by atoms with E-state index in [0.29, 0.717) is 29.7 Å². The third-order valence-corrected chi connectivity index (χ3v) is 3.45. The zero-order valence-electron chi connectivity index (χ0n) is 11.0. The van der Waals surface area contributed by atoms with E-state index >= 15 is 0 Å². The van der Waals surface area contributed by atoms with Crippen molar-refractivity contribution >= 4 is 11.8 Å². The molecule has 1 atom stereocenters. The van der Waals surface area contributed by atoms with Crippen LogP contribution >= 0.6 is 11.8 Å². The maximum Gasteiger partial charge on any atom is 0.187 e. The van der Waals surface area contributed by atoms with Gasteiger partial charge in [-0.2, -0.15) is 5.10 Å². The highest BCUT2D eigenvalue weighted by molar-refractivity contribution is 7.98. The summed E-state index contributed by atoms with van der Waals surface area (Å²) in [5.74, 6) is 2.19. The van der Waals surface area contributed by atoms with E-state index in [1.54, 1.807) is 23.1 Å². The third kappa shape index (κ3) is 4.00. The monoisotopic (exact) mass is 279 g/mol. The Kier molecular flexibility index (Phi) is 4.86. The summed E-state index contributed by atoms with van der Waals surface area (Å²) in [5, 5.41) is 14.7. The summed E-state index contributed by atoms with van der Waals surface area (Å²) in [5.41, 5.74) is 0. The minimum atomic E-state index is -0.391. The first kappa shape index (κ1) is 14.0. The van der Waals surface area contributed by atoms with Crippen LogP contribution in [0.25, 0.3) is 0 Å². The van der Waals surface area contributed by atoms with Gasteiger partial charge in [-0.1, -0.05) is 18.7 Å². The molecule has 0 saturated carbocycles. The topological polar surface area (TPSA) is 76.7 Å². The smallest absolute Gasteiger partial charge is 0.187 e. The van der Waals surface area contributed by atoms with Gasteiger partial charge in [-0.05, 0) is 19.4 Å². The van der Waals surface area contributed by atoms with Gasteiger partial charge in [-0.15, -0.1) is 0 Å². The summed E-state index contributed by atoms with van der Waals surface area (Å²) in [6.07, 6.45) is 3.74. The Hall–Kier alpha value is -1.47. The molecule has 0 aliphatic rings. The first-order valence-corrected chi connectivity index (χ1v) is 7.15. The van der Waals surface area contributed by atoms with Gasteiger partial charge in [0.25, 0.3) is 0 Å². The van der Waals surface area contributed by atoms with Crippen molar-refractivity contribution in [2.45, 2.75) is 43.8 Å². The SMILES string of the molecule is CC[C@@H](O)Cn1nc(C)nc1CSc1ncccn1. The Balaban J connectivity index is 2.03. The lowest BCUT2D eigenvalue weighted by molar-refractivity contribution is 0.144. The second-order valence-electron chi connectivity index (χ2n) is 4.14. The lowest BCUT2D eigenvalue weighted by Gasteiger charge is -2.09. The average Bonchev–Trinajstić information content (AvgIpc) is 2.77. The lowest BCUT2D eigenvalue weighted by Crippen LogP contribution is -2.17. The molecule has 19 heavy (non-hydrogen) atoms. The highest BCUT2D eigenvalue weighted by atomic mass is 32.2. The van der Waals surface area contributed by atoms with Gasteiger partial charge in [-0.25, -0.2) is 19.6 Å². The Bertz CT molecular complexity index is 516. The summed E-state index contributed by atoms with van der Waals surface area (Å²) in [6, 6.07) is 1.79. The second-order valence-corrected chi connectivity index (χ2v) is 5.08. The van der Waals surface area contributed by atoms with Crippen molar-refractivity contribution in [1.82, 2.24) is 24.7 Å². The molecule has 6 nitrogen and oxygen atoms in total. The molecule has 2 rings (SSSR count). The van der Waals surface area contributed by atoms with Crippen molar-refractivity contribution in [3.05, 3.63) is 30.1 Å². The largest absolute Gasteiger partial charge is 0.391 e. The molecule has 102 valence electrons. The first-order valence-electron chi connectivity index (χ1n) is 6.17. The van der Waals surface area contributed by atoms with Crippen LogP contribution in [0, 0.1) is 6.92 Å². The van der Waals surface area contributed by atoms with E-state index in [1.165, 1.54) is 11.8 Å². The van der Waals surface area contributed by atoms with Gasteiger partial charge in [0, 0.05) is 12.4 Å². The van der Waals surface area contributed by atoms with Crippen LogP contribution in [0.4, 0.5) is 0 Å². The summed E-state index contributed by atoms with van der Waals surface area (Å²) < 4.78 is 1.76. The minimum absolute atomic E-state index is 0.391. The number of thioether (sulfide) groups is 1. The van der Waals surface area contributed by atoms with Crippen LogP contribution in [0.2, 0.25) is 0 Å². The van der Waals surface area contributed by atoms with Crippen LogP contribution in [0.5, 0.6) is 0 Å². The summed E-state index contributed by atoms with van der Waals surface area (Å²) in [7, 11) is 0. The summed E-state index contributed by atoms with van der Waals surface area (Å²) >= 11 is 1.51. The molecule has 0 aliphatic heterocycles. The van der Waals surface area contributed by atoms with E-state index in [-0.39, 0.29) is 0 Å². The molecule has 2 aromatic rings. The van der Waals surface area contributed by atoms with Gasteiger partial charge in [0.15, 0.2) is 5.16 Å². The highest BCUT2D eigenvalue weighted by Gasteiger charge is 2.11. The number of aliphatic hydroxyl groups is 1. The van der Waals surface area contributed by atoms with E-state index in [9.17, 15) is 5.11 Å². The Morgan fingerprint density at radius 3 is 2.79 bits per heavy atom. The van der Waals surface area contributed by atoms with Crippen molar-refractivity contribution in [3.63, 3.8) is 0 Å². The molecule has 0 amide bonds. The molecule has 0 unspecified atom stereocenters. The third-order valence-electron chi connectivity index (χ3n) is 2.58. The van der Waals surface area contributed by atoms with Crippen LogP contribution in [-0.2, 0) is 12.3 Å². The number of hydrogen-bond acceptors (Lipinski definition) is 6. The van der Waals surface area contributed by atoms with Crippen LogP contribution in [0.15, 0.2) is 23.6 Å². The number of aliphatic hydroxyl groups excluding tert-OH is 1. The van der Waals surface area contributed by atoms with Crippen molar-refractivity contribution in [3.8, 4) is 0 Å². The van der Waals surface area contributed by atoms with Gasteiger partial charge < -0.3 is 5.11 Å². The molecular formula is C12H17N5OS. The minimum Gasteiger partial charge on any atom is -0.391 e. The fourth-order valence-corrected chi connectivity index (χ4v) is 2.31. The second kappa shape index (κ2) is 6.63. The molecule has 0 radical (unpaired) electrons. The predicted octanol–water partition coefficient (Wildman–Crippen LogP) is 1.44. The number of aromatic nitrogens is 5. The lowest BCUT2D eigenvalue weighted by atomic mass is 10.3. The molecule has 0 saturated heterocycles. The fourth-order valence-electron chi connectivity index (χ4n) is 1.57. The molecule has 0 aromatic carbocycles. The zero-order valence-corrected chi connectivity index (χ0v) is 11.8. The molecule has 7 heteroatoms. The molecular weight excluding hydrogens is 262 g/mol. The van der Waals surface area contributed by atoms with Crippen molar-refractivity contribution in [1.29, 1.82) is 0 Å². The Labute approximate surface area is 116 Å². The number of rotatable bonds is 6. The van der Waals surface area contributed by atoms with E-state index in [4.69, 9.17) is 0 Å². The van der Waals surface area contributed by atoms with Crippen molar-refractivity contribution < 1.29 is 5.11 Å². The van der Waals surface area contributed by atoms with Crippen molar-refractivity contribution in [2.24, 2.45) is 0 Å². The molecule has 0 bridgehead atoms. The average molecular weight is 279 g/mol. The standard InChI is InChI=1S/C12H17N5OS/c1-3-10(18)7-17-11(15-9(2)16-17)8-19-12-13-5-4-6-14-12/h4-6,10,18H,3,7-8H2,1-2H3/t10-/m1/s1. The maximum absolute atomic E-state index is 9.71. The molecule has 2 aromatic heterocycles. The van der Waals surface area contributed by atoms with E-state index < -0.39 is 6.10 Å². The van der Waals surface area contributed by atoms with Crippen molar-refractivity contribution in [2.75, 3.05) is 0 Å². The van der Waals surface area contributed by atoms with Gasteiger partial charge in [0.1, 0.15) is 11.6 Å². The molecule has 1 N–H and O–H groups in total. The van der Waals surface area contributed by atoms with Crippen LogP contribution < -0.4 is 0 Å². The van der Waals surface area contributed by atoms with Gasteiger partial charge >= 0.3 is 0 Å². The molecule has 0 spiro atoms. The van der Waals surface area contributed by atoms with E-state index in [2.05, 4.69) is 20.1 Å². The number of nitrogens with zero attached hydrogens (tertiary/aromatic N) is 5. The van der Waals surface area contributed by atoms with Gasteiger partial charge in [-0.3, -0.25) is 0 Å². The van der Waals surface area contributed by atoms with Crippen LogP contribution in [-0.4, -0.2) is 35.9 Å². The normalized spacial score (nSPS) is 12.6. The van der Waals surface area contributed by atoms with Gasteiger partial charge in [0.05, 0.1) is 18.4 Å². The zero-order chi connectivity index (χ0) is 13.7. The first-order chi connectivity index (χ1) is 9.19. The fraction of sp³-hybridized carbons (Fsp3) is 0.500. The Morgan fingerprint density at radius 2 is 2.11 bits per heavy atom. The maximum atomic E-state index is 9.71. The highest BCUT2D eigenvalue weighted by Crippen LogP contribution is 2.17. The van der Waals surface area contributed by atoms with Crippen LogP contribution in [0.1, 0.15) is 25.0 Å². The van der Waals surface area contributed by atoms with E-state index in [0.717, 1.165) is 5.82 Å². The number of aryl methyl sites for hydroxylation is 1. The summed E-state index contributed by atoms with van der Waals surface area (Å²) in [4.78, 5) is 12.7. The van der Waals surface area contributed by atoms with Crippen LogP contribution in [0.3, 0.4) is 0 Å². The predicted molar refractivity (Wildman–Crippen MR) is 72.6 cm³/mol. The molecule has 2 heterocycles. The molecule has 0 fully saturated rings.